The number of nitrogens with zero attached hydrogens (tertiary/aromatic N) is 4. The third kappa shape index (κ3) is 4.16. The van der Waals surface area contributed by atoms with Gasteiger partial charge < -0.3 is 10.1 Å². The molecule has 1 aromatic carbocycles. The van der Waals surface area contributed by atoms with Crippen LogP contribution in [0.3, 0.4) is 0 Å². The molecule has 0 amide bonds. The van der Waals surface area contributed by atoms with Crippen LogP contribution in [0.4, 0.5) is 5.95 Å². The van der Waals surface area contributed by atoms with E-state index in [0.29, 0.717) is 19.1 Å². The van der Waals surface area contributed by atoms with Crippen LogP contribution in [-0.4, -0.2) is 26.8 Å². The van der Waals surface area contributed by atoms with Gasteiger partial charge in [0, 0.05) is 23.1 Å². The second-order valence-corrected chi connectivity index (χ2v) is 6.16. The summed E-state index contributed by atoms with van der Waals surface area (Å²) < 4.78 is 9.37. The number of benzene rings is 1. The number of hydrogen-bond donors (Lipinski definition) is 1. The van der Waals surface area contributed by atoms with Crippen LogP contribution >= 0.6 is 31.9 Å². The van der Waals surface area contributed by atoms with E-state index < -0.39 is 0 Å². The predicted octanol–water partition coefficient (Wildman–Crippen LogP) is 3.62. The molecule has 0 aliphatic carbocycles. The number of aromatic nitrogens is 4. The zero-order valence-electron chi connectivity index (χ0n) is 11.9. The van der Waals surface area contributed by atoms with Crippen LogP contribution in [0.5, 0.6) is 5.75 Å². The molecule has 1 heterocycles. The number of ether oxygens (including phenoxy) is 1. The summed E-state index contributed by atoms with van der Waals surface area (Å²) in [6.45, 7) is 6.03. The SMILES string of the molecule is CCCn1nnnc1NCc1cc(Br)cc(Br)c1OCC. The molecule has 0 saturated carbocycles. The lowest BCUT2D eigenvalue weighted by molar-refractivity contribution is 0.334. The molecule has 114 valence electrons. The molecule has 2 aromatic rings. The highest BCUT2D eigenvalue weighted by Crippen LogP contribution is 2.33. The lowest BCUT2D eigenvalue weighted by Crippen LogP contribution is -2.10. The van der Waals surface area contributed by atoms with Crippen molar-refractivity contribution in [2.75, 3.05) is 11.9 Å². The van der Waals surface area contributed by atoms with E-state index in [2.05, 4.69) is 59.6 Å². The van der Waals surface area contributed by atoms with Crippen LogP contribution in [-0.2, 0) is 13.1 Å². The monoisotopic (exact) mass is 417 g/mol. The van der Waals surface area contributed by atoms with Gasteiger partial charge in [-0.25, -0.2) is 4.68 Å². The first-order valence-electron chi connectivity index (χ1n) is 6.76. The molecule has 0 aliphatic heterocycles. The first kappa shape index (κ1) is 16.2. The Balaban J connectivity index is 2.17. The van der Waals surface area contributed by atoms with Gasteiger partial charge in [-0.3, -0.25) is 0 Å². The molecule has 0 saturated heterocycles. The van der Waals surface area contributed by atoms with Crippen LogP contribution in [0, 0.1) is 0 Å². The van der Waals surface area contributed by atoms with E-state index in [9.17, 15) is 0 Å². The average Bonchev–Trinajstić information content (AvgIpc) is 2.88. The van der Waals surface area contributed by atoms with E-state index in [4.69, 9.17) is 4.74 Å². The van der Waals surface area contributed by atoms with Crippen LogP contribution in [0.2, 0.25) is 0 Å². The molecule has 0 spiro atoms. The normalized spacial score (nSPS) is 10.7. The average molecular weight is 419 g/mol. The fraction of sp³-hybridized carbons (Fsp3) is 0.462. The molecule has 6 nitrogen and oxygen atoms in total. The minimum Gasteiger partial charge on any atom is -0.492 e. The molecule has 21 heavy (non-hydrogen) atoms. The molecule has 0 atom stereocenters. The Labute approximate surface area is 140 Å². The lowest BCUT2D eigenvalue weighted by Gasteiger charge is -2.14. The minimum absolute atomic E-state index is 0.581. The molecule has 0 fully saturated rings. The van der Waals surface area contributed by atoms with Gasteiger partial charge in [0.1, 0.15) is 5.75 Å². The van der Waals surface area contributed by atoms with Crippen molar-refractivity contribution in [2.24, 2.45) is 0 Å². The Kier molecular flexibility index (Phi) is 5.98. The summed E-state index contributed by atoms with van der Waals surface area (Å²) in [7, 11) is 0. The highest BCUT2D eigenvalue weighted by atomic mass is 79.9. The lowest BCUT2D eigenvalue weighted by atomic mass is 10.2. The smallest absolute Gasteiger partial charge is 0.243 e. The number of halogens is 2. The standard InChI is InChI=1S/C13H17Br2N5O/c1-3-5-20-13(17-18-19-20)16-8-9-6-10(14)7-11(15)12(9)21-4-2/h6-7H,3-5,8H2,1-2H3,(H,16,17,19). The predicted molar refractivity (Wildman–Crippen MR) is 88.4 cm³/mol. The second kappa shape index (κ2) is 7.74. The number of nitrogens with one attached hydrogen (secondary N) is 1. The number of hydrogen-bond acceptors (Lipinski definition) is 5. The van der Waals surface area contributed by atoms with Gasteiger partial charge in [-0.1, -0.05) is 28.0 Å². The summed E-state index contributed by atoms with van der Waals surface area (Å²) in [5.74, 6) is 1.50. The zero-order valence-corrected chi connectivity index (χ0v) is 15.1. The highest BCUT2D eigenvalue weighted by Gasteiger charge is 2.11. The summed E-state index contributed by atoms with van der Waals surface area (Å²) in [4.78, 5) is 0. The van der Waals surface area contributed by atoms with Gasteiger partial charge in [0.25, 0.3) is 0 Å². The zero-order chi connectivity index (χ0) is 15.2. The molecule has 0 radical (unpaired) electrons. The van der Waals surface area contributed by atoms with E-state index in [0.717, 1.165) is 33.2 Å². The van der Waals surface area contributed by atoms with Gasteiger partial charge >= 0.3 is 0 Å². The highest BCUT2D eigenvalue weighted by molar-refractivity contribution is 9.11. The van der Waals surface area contributed by atoms with Crippen molar-refractivity contribution in [1.29, 1.82) is 0 Å². The summed E-state index contributed by atoms with van der Waals surface area (Å²) in [5, 5.41) is 14.9. The van der Waals surface area contributed by atoms with Crippen molar-refractivity contribution < 1.29 is 4.74 Å². The molecule has 2 rings (SSSR count). The van der Waals surface area contributed by atoms with E-state index in [1.807, 2.05) is 19.1 Å². The second-order valence-electron chi connectivity index (χ2n) is 4.39. The Morgan fingerprint density at radius 1 is 1.29 bits per heavy atom. The maximum atomic E-state index is 5.70. The van der Waals surface area contributed by atoms with Crippen molar-refractivity contribution in [3.8, 4) is 5.75 Å². The van der Waals surface area contributed by atoms with Gasteiger partial charge in [-0.15, -0.1) is 0 Å². The van der Waals surface area contributed by atoms with E-state index in [-0.39, 0.29) is 0 Å². The van der Waals surface area contributed by atoms with Gasteiger partial charge in [0.2, 0.25) is 5.95 Å². The third-order valence-corrected chi connectivity index (χ3v) is 3.83. The van der Waals surface area contributed by atoms with Crippen molar-refractivity contribution >= 4 is 37.8 Å². The summed E-state index contributed by atoms with van der Waals surface area (Å²) in [6.07, 6.45) is 0.979. The Morgan fingerprint density at radius 3 is 2.81 bits per heavy atom. The topological polar surface area (TPSA) is 64.9 Å². The first-order chi connectivity index (χ1) is 10.2. The fourth-order valence-electron chi connectivity index (χ4n) is 1.92. The molecule has 0 aliphatic rings. The van der Waals surface area contributed by atoms with Crippen molar-refractivity contribution in [3.05, 3.63) is 26.6 Å². The molecule has 8 heteroatoms. The van der Waals surface area contributed by atoms with Gasteiger partial charge in [0.15, 0.2) is 0 Å². The number of aryl methyl sites for hydroxylation is 1. The quantitative estimate of drug-likeness (QED) is 0.743. The molecular formula is C13H17Br2N5O. The van der Waals surface area contributed by atoms with Crippen molar-refractivity contribution in [2.45, 2.75) is 33.4 Å². The Bertz CT molecular complexity index is 602. The maximum Gasteiger partial charge on any atom is 0.243 e. The Morgan fingerprint density at radius 2 is 2.10 bits per heavy atom. The third-order valence-electron chi connectivity index (χ3n) is 2.78. The largest absolute Gasteiger partial charge is 0.492 e. The van der Waals surface area contributed by atoms with Gasteiger partial charge in [-0.05, 0) is 51.8 Å². The molecule has 1 N–H and O–H groups in total. The fourth-order valence-corrected chi connectivity index (χ4v) is 3.35. The van der Waals surface area contributed by atoms with Crippen LogP contribution in [0.1, 0.15) is 25.8 Å². The van der Waals surface area contributed by atoms with Crippen molar-refractivity contribution in [1.82, 2.24) is 20.2 Å². The van der Waals surface area contributed by atoms with Gasteiger partial charge in [0.05, 0.1) is 11.1 Å². The Hall–Kier alpha value is -1.15. The molecule has 1 aromatic heterocycles. The number of rotatable bonds is 7. The number of anilines is 1. The van der Waals surface area contributed by atoms with E-state index in [1.54, 1.807) is 4.68 Å². The van der Waals surface area contributed by atoms with E-state index >= 15 is 0 Å². The van der Waals surface area contributed by atoms with Crippen molar-refractivity contribution in [3.63, 3.8) is 0 Å². The van der Waals surface area contributed by atoms with Gasteiger partial charge in [-0.2, -0.15) is 0 Å². The summed E-state index contributed by atoms with van der Waals surface area (Å²) in [5.41, 5.74) is 1.03. The number of tetrazole rings is 1. The first-order valence-corrected chi connectivity index (χ1v) is 8.35. The molecular weight excluding hydrogens is 402 g/mol. The molecule has 0 unspecified atom stereocenters. The van der Waals surface area contributed by atoms with Crippen LogP contribution in [0.15, 0.2) is 21.1 Å². The minimum atomic E-state index is 0.581. The summed E-state index contributed by atoms with van der Waals surface area (Å²) in [6, 6.07) is 3.99. The van der Waals surface area contributed by atoms with Crippen LogP contribution in [0.25, 0.3) is 0 Å². The summed E-state index contributed by atoms with van der Waals surface area (Å²) >= 11 is 7.03. The maximum absolute atomic E-state index is 5.70. The van der Waals surface area contributed by atoms with E-state index in [1.165, 1.54) is 0 Å². The molecule has 0 bridgehead atoms. The van der Waals surface area contributed by atoms with Crippen LogP contribution < -0.4 is 10.1 Å².